The van der Waals surface area contributed by atoms with Gasteiger partial charge >= 0.3 is 20.2 Å². The molecule has 4 nitrogen and oxygen atoms in total. The smallest absolute Gasteiger partial charge is 0.394 e. The molecule has 1 N–H and O–H groups in total. The topological polar surface area (TPSA) is 55.8 Å². The van der Waals surface area contributed by atoms with E-state index < -0.39 is 123 Å². The number of hydrogen-bond donors (Lipinski definition) is 1. The highest BCUT2D eigenvalue weighted by molar-refractivity contribution is 7.48. The van der Waals surface area contributed by atoms with Gasteiger partial charge in [0.2, 0.25) is 0 Å². The summed E-state index contributed by atoms with van der Waals surface area (Å²) >= 11 is 0. The van der Waals surface area contributed by atoms with Crippen LogP contribution in [0.4, 0.5) is 61.5 Å². The second-order valence-corrected chi connectivity index (χ2v) is 12.7. The molecule has 0 saturated heterocycles. The molecule has 274 valence electrons. The van der Waals surface area contributed by atoms with Crippen LogP contribution >= 0.6 is 7.82 Å². The molecular weight excluding hydrogens is 769 g/mol. The Bertz CT molecular complexity index is 2400. The minimum Gasteiger partial charge on any atom is -0.394 e. The molecule has 6 aromatic rings. The van der Waals surface area contributed by atoms with Gasteiger partial charge in [-0.05, 0) is 33.7 Å². The van der Waals surface area contributed by atoms with Gasteiger partial charge in [0.05, 0.1) is 11.1 Å². The van der Waals surface area contributed by atoms with Crippen molar-refractivity contribution in [1.82, 2.24) is 0 Å². The SMILES string of the molecule is O=P1(O)Oc2c(-c3c(F)c(F)c(C(F)(F)F)c(F)c3F)cc3ccccc3c2-c2c(c(-c3c(F)c(F)c(C(F)(F)F)c(F)c3F)cc3ccccc23)O1. The molecule has 0 fully saturated rings. The lowest BCUT2D eigenvalue weighted by atomic mass is 9.86. The highest BCUT2D eigenvalue weighted by Crippen LogP contribution is 2.62. The second kappa shape index (κ2) is 11.8. The van der Waals surface area contributed by atoms with Crippen LogP contribution in [0.15, 0.2) is 60.7 Å². The molecule has 1 heterocycles. The highest BCUT2D eigenvalue weighted by atomic mass is 31.2. The van der Waals surface area contributed by atoms with Crippen molar-refractivity contribution in [3.63, 3.8) is 0 Å². The molecule has 0 aromatic heterocycles. The van der Waals surface area contributed by atoms with Gasteiger partial charge in [-0.2, -0.15) is 26.3 Å². The second-order valence-electron chi connectivity index (χ2n) is 11.4. The summed E-state index contributed by atoms with van der Waals surface area (Å²) in [5.74, 6) is -24.7. The van der Waals surface area contributed by atoms with Gasteiger partial charge in [-0.1, -0.05) is 48.5 Å². The fourth-order valence-corrected chi connectivity index (χ4v) is 7.08. The van der Waals surface area contributed by atoms with Crippen molar-refractivity contribution in [2.45, 2.75) is 12.4 Å². The number of rotatable bonds is 2. The average Bonchev–Trinajstić information content (AvgIpc) is 3.19. The minimum atomic E-state index is -5.96. The molecule has 19 heteroatoms. The van der Waals surface area contributed by atoms with Gasteiger partial charge in [-0.15, -0.1) is 0 Å². The Morgan fingerprint density at radius 2 is 0.774 bits per heavy atom. The van der Waals surface area contributed by atoms with Crippen LogP contribution in [0.25, 0.3) is 54.9 Å². The summed E-state index contributed by atoms with van der Waals surface area (Å²) in [6.07, 6.45) is -11.9. The summed E-state index contributed by atoms with van der Waals surface area (Å²) in [5, 5.41) is -0.689. The normalized spacial score (nSPS) is 14.1. The van der Waals surface area contributed by atoms with E-state index in [1.54, 1.807) is 0 Å². The lowest BCUT2D eigenvalue weighted by molar-refractivity contribution is -0.144. The fourth-order valence-electron chi connectivity index (χ4n) is 6.20. The molecule has 0 spiro atoms. The van der Waals surface area contributed by atoms with Gasteiger partial charge in [0.1, 0.15) is 22.6 Å². The molecule has 0 saturated carbocycles. The molecule has 0 radical (unpaired) electrons. The molecular formula is C34H11F14O4P. The van der Waals surface area contributed by atoms with E-state index in [4.69, 9.17) is 9.05 Å². The van der Waals surface area contributed by atoms with Crippen LogP contribution in [-0.2, 0) is 16.9 Å². The van der Waals surface area contributed by atoms with E-state index in [1.807, 2.05) is 0 Å². The Balaban J connectivity index is 1.71. The number of alkyl halides is 6. The van der Waals surface area contributed by atoms with E-state index in [1.165, 1.54) is 48.5 Å². The third kappa shape index (κ3) is 5.45. The van der Waals surface area contributed by atoms with E-state index in [-0.39, 0.29) is 21.5 Å². The number of halogens is 14. The van der Waals surface area contributed by atoms with Crippen LogP contribution < -0.4 is 9.05 Å². The maximum atomic E-state index is 15.6. The lowest BCUT2D eigenvalue weighted by Crippen LogP contribution is -2.16. The molecule has 7 rings (SSSR count). The average molecular weight is 780 g/mol. The number of benzene rings is 6. The van der Waals surface area contributed by atoms with Gasteiger partial charge in [0, 0.05) is 22.3 Å². The van der Waals surface area contributed by atoms with E-state index in [0.717, 1.165) is 0 Å². The van der Waals surface area contributed by atoms with E-state index >= 15 is 17.6 Å². The molecule has 0 amide bonds. The standard InChI is InChI=1S/C34H11F14O4P/c35-23-19(24(36)28(40)21(27(23)39)33(43,44)45)15-9-11-5-1-3-7-13(11)17-18-14-8-4-2-6-12(14)10-16(32(18)52-53(49,50)51-31(15)17)20-25(37)29(41)22(34(46,47)48)30(42)26(20)38/h1-10H,(H,49,50). The van der Waals surface area contributed by atoms with Gasteiger partial charge in [-0.3, -0.25) is 4.89 Å². The highest BCUT2D eigenvalue weighted by Gasteiger charge is 2.46. The van der Waals surface area contributed by atoms with Gasteiger partial charge in [0.25, 0.3) is 0 Å². The molecule has 6 aromatic carbocycles. The van der Waals surface area contributed by atoms with Crippen molar-refractivity contribution in [3.05, 3.63) is 118 Å². The largest absolute Gasteiger partial charge is 0.584 e. The Hall–Kier alpha value is -5.35. The van der Waals surface area contributed by atoms with Crippen LogP contribution in [0, 0.1) is 46.5 Å². The predicted octanol–water partition coefficient (Wildman–Crippen LogP) is 12.0. The quantitative estimate of drug-likeness (QED) is 0.108. The van der Waals surface area contributed by atoms with Crippen LogP contribution in [0.1, 0.15) is 11.1 Å². The minimum absolute atomic E-state index is 0.167. The summed E-state index contributed by atoms with van der Waals surface area (Å²) in [6, 6.07) is 11.4. The summed E-state index contributed by atoms with van der Waals surface area (Å²) in [6.45, 7) is 0. The van der Waals surface area contributed by atoms with Crippen LogP contribution in [0.3, 0.4) is 0 Å². The summed E-state index contributed by atoms with van der Waals surface area (Å²) < 4.78 is 226. The molecule has 1 aliphatic heterocycles. The summed E-state index contributed by atoms with van der Waals surface area (Å²) in [7, 11) is -5.95. The first-order valence-corrected chi connectivity index (χ1v) is 15.9. The van der Waals surface area contributed by atoms with Crippen molar-refractivity contribution in [3.8, 4) is 44.9 Å². The Kier molecular flexibility index (Phi) is 8.04. The van der Waals surface area contributed by atoms with Gasteiger partial charge < -0.3 is 9.05 Å². The molecule has 0 unspecified atom stereocenters. The van der Waals surface area contributed by atoms with Crippen LogP contribution in [0.5, 0.6) is 11.5 Å². The molecule has 0 atom stereocenters. The van der Waals surface area contributed by atoms with E-state index in [9.17, 15) is 53.4 Å². The Morgan fingerprint density at radius 3 is 1.08 bits per heavy atom. The van der Waals surface area contributed by atoms with Crippen molar-refractivity contribution in [2.24, 2.45) is 0 Å². The Morgan fingerprint density at radius 1 is 0.472 bits per heavy atom. The van der Waals surface area contributed by atoms with Crippen LogP contribution in [-0.4, -0.2) is 4.89 Å². The zero-order valence-corrected chi connectivity index (χ0v) is 26.1. The third-order valence-electron chi connectivity index (χ3n) is 8.30. The number of phosphoric ester groups is 1. The van der Waals surface area contributed by atoms with Gasteiger partial charge in [-0.25, -0.2) is 39.7 Å². The number of fused-ring (bicyclic) bond motifs is 7. The van der Waals surface area contributed by atoms with E-state index in [0.29, 0.717) is 12.1 Å². The van der Waals surface area contributed by atoms with Crippen molar-refractivity contribution in [1.29, 1.82) is 0 Å². The maximum absolute atomic E-state index is 15.6. The number of phosphoric acid groups is 1. The Labute approximate surface area is 285 Å². The van der Waals surface area contributed by atoms with Crippen molar-refractivity contribution in [2.75, 3.05) is 0 Å². The van der Waals surface area contributed by atoms with Crippen molar-refractivity contribution < 1.29 is 80.0 Å². The maximum Gasteiger partial charge on any atom is 0.584 e. The monoisotopic (exact) mass is 780 g/mol. The van der Waals surface area contributed by atoms with Crippen LogP contribution in [0.2, 0.25) is 0 Å². The summed E-state index contributed by atoms with van der Waals surface area (Å²) in [4.78, 5) is 10.9. The first kappa shape index (κ1) is 36.0. The zero-order valence-electron chi connectivity index (χ0n) is 25.2. The molecule has 1 aliphatic rings. The molecule has 53 heavy (non-hydrogen) atoms. The molecule has 0 aliphatic carbocycles. The fraction of sp³-hybridized carbons (Fsp3) is 0.0588. The molecule has 0 bridgehead atoms. The predicted molar refractivity (Wildman–Crippen MR) is 159 cm³/mol. The third-order valence-corrected chi connectivity index (χ3v) is 9.13. The van der Waals surface area contributed by atoms with Gasteiger partial charge in [0.15, 0.2) is 46.5 Å². The van der Waals surface area contributed by atoms with Crippen molar-refractivity contribution >= 4 is 29.4 Å². The lowest BCUT2D eigenvalue weighted by Gasteiger charge is -2.20. The first-order chi connectivity index (χ1) is 24.7. The summed E-state index contributed by atoms with van der Waals surface area (Å²) in [5.41, 5.74) is -13.4. The zero-order chi connectivity index (χ0) is 38.7. The first-order valence-electron chi connectivity index (χ1n) is 14.4. The van der Waals surface area contributed by atoms with E-state index in [2.05, 4.69) is 0 Å². The number of hydrogen-bond acceptors (Lipinski definition) is 3.